The molecule has 0 spiro atoms. The Labute approximate surface area is 226 Å². The average Bonchev–Trinajstić information content (AvgIpc) is 3.40. The summed E-state index contributed by atoms with van der Waals surface area (Å²) in [5.41, 5.74) is 1.28. The van der Waals surface area contributed by atoms with Crippen LogP contribution in [0.25, 0.3) is 5.69 Å². The van der Waals surface area contributed by atoms with Crippen molar-refractivity contribution in [3.05, 3.63) is 84.5 Å². The van der Waals surface area contributed by atoms with Gasteiger partial charge in [-0.05, 0) is 43.2 Å². The summed E-state index contributed by atoms with van der Waals surface area (Å²) < 4.78 is 103. The zero-order valence-electron chi connectivity index (χ0n) is 21.4. The molecule has 0 fully saturated rings. The summed E-state index contributed by atoms with van der Waals surface area (Å²) in [4.78, 5) is -1.24. The smallest absolute Gasteiger partial charge is 0.282 e. The molecule has 0 unspecified atom stereocenters. The molecular weight excluding hydrogens is 572 g/mol. The summed E-state index contributed by atoms with van der Waals surface area (Å²) in [7, 11) is -10.0. The van der Waals surface area contributed by atoms with Crippen molar-refractivity contribution < 1.29 is 48.0 Å². The maximum Gasteiger partial charge on any atom is 0.298 e. The number of benzene rings is 2. The van der Waals surface area contributed by atoms with Crippen LogP contribution in [0.2, 0.25) is 0 Å². The summed E-state index contributed by atoms with van der Waals surface area (Å²) in [5.74, 6) is 0. The fourth-order valence-electron chi connectivity index (χ4n) is 3.77. The molecule has 0 aliphatic rings. The minimum atomic E-state index is -4.68. The maximum atomic E-state index is 11.5. The van der Waals surface area contributed by atoms with Gasteiger partial charge in [-0.2, -0.15) is 29.8 Å². The van der Waals surface area contributed by atoms with Crippen LogP contribution in [0.15, 0.2) is 82.5 Å². The second kappa shape index (κ2) is 11.0. The van der Waals surface area contributed by atoms with Crippen LogP contribution in [0.1, 0.15) is 16.7 Å². The van der Waals surface area contributed by atoms with Crippen LogP contribution in [-0.4, -0.2) is 48.0 Å². The van der Waals surface area contributed by atoms with Gasteiger partial charge in [0.05, 0.1) is 14.1 Å². The Balaban J connectivity index is 0.000000218. The lowest BCUT2D eigenvalue weighted by atomic mass is 10.1. The first-order valence-electron chi connectivity index (χ1n) is 11.1. The number of imidazole rings is 2. The van der Waals surface area contributed by atoms with Gasteiger partial charge in [0.2, 0.25) is 12.7 Å². The largest absolute Gasteiger partial charge is 0.298 e. The Morgan fingerprint density at radius 2 is 1.18 bits per heavy atom. The molecule has 0 aliphatic heterocycles. The monoisotopic (exact) mass is 600 g/mol. The predicted octanol–water partition coefficient (Wildman–Crippen LogP) is 1.02. The molecule has 0 radical (unpaired) electrons. The summed E-state index contributed by atoms with van der Waals surface area (Å²) in [6, 6.07) is 7.28. The first-order chi connectivity index (χ1) is 17.9. The second-order valence-corrected chi connectivity index (χ2v) is 13.1. The van der Waals surface area contributed by atoms with Crippen molar-refractivity contribution in [2.45, 2.75) is 35.1 Å². The van der Waals surface area contributed by atoms with E-state index in [1.165, 1.54) is 30.1 Å². The van der Waals surface area contributed by atoms with Gasteiger partial charge < -0.3 is 0 Å². The fraction of sp³-hybridized carbons (Fsp3) is 0.217. The molecule has 0 bridgehead atoms. The van der Waals surface area contributed by atoms with Crippen molar-refractivity contribution in [3.63, 3.8) is 0 Å². The molecule has 0 amide bonds. The van der Waals surface area contributed by atoms with Crippen LogP contribution in [0.3, 0.4) is 0 Å². The van der Waals surface area contributed by atoms with E-state index in [9.17, 15) is 38.9 Å². The number of nitrogens with zero attached hydrogens (tertiary/aromatic N) is 4. The van der Waals surface area contributed by atoms with Crippen LogP contribution in [0.4, 0.5) is 0 Å². The lowest BCUT2D eigenvalue weighted by molar-refractivity contribution is -0.671. The minimum absolute atomic E-state index is 0.0288. The quantitative estimate of drug-likeness (QED) is 0.215. The molecule has 0 saturated carbocycles. The molecule has 0 saturated heterocycles. The molecule has 2 aromatic carbocycles. The van der Waals surface area contributed by atoms with Crippen molar-refractivity contribution in [2.75, 3.05) is 0 Å². The molecule has 3 N–H and O–H groups in total. The molecule has 4 aromatic rings. The molecule has 16 heteroatoms. The zero-order chi connectivity index (χ0) is 29.3. The van der Waals surface area contributed by atoms with E-state index < -0.39 is 40.1 Å². The van der Waals surface area contributed by atoms with Crippen molar-refractivity contribution in [1.82, 2.24) is 9.13 Å². The standard InChI is InChI=1S/C12H14N2O3S.C11H12N2O6S2/c1-10-3-4-11(12(7-10)18(15,16)17)8-14-6-5-13(2)9-14;1-8-5-9(20(14,15)16)11(10(6-8)21(17,18)19)13-4-3-12(2)7-13/h3-7,9H,8H2,1-2H3;3-7H,1-2H3,(H-,14,15,16,17,18,19)/p+2. The van der Waals surface area contributed by atoms with Crippen molar-refractivity contribution in [2.24, 2.45) is 14.1 Å². The Hall–Kier alpha value is -3.41. The van der Waals surface area contributed by atoms with Crippen LogP contribution in [0.5, 0.6) is 0 Å². The van der Waals surface area contributed by atoms with E-state index in [0.717, 1.165) is 17.7 Å². The predicted molar refractivity (Wildman–Crippen MR) is 137 cm³/mol. The number of rotatable bonds is 6. The highest BCUT2D eigenvalue weighted by Crippen LogP contribution is 2.29. The van der Waals surface area contributed by atoms with Gasteiger partial charge in [0.25, 0.3) is 30.4 Å². The molecule has 2 aromatic heterocycles. The minimum Gasteiger partial charge on any atom is -0.282 e. The molecule has 0 aliphatic carbocycles. The summed E-state index contributed by atoms with van der Waals surface area (Å²) in [6.07, 6.45) is 9.88. The van der Waals surface area contributed by atoms with Crippen LogP contribution >= 0.6 is 0 Å². The van der Waals surface area contributed by atoms with Gasteiger partial charge >= 0.3 is 0 Å². The first-order valence-corrected chi connectivity index (χ1v) is 15.4. The van der Waals surface area contributed by atoms with Gasteiger partial charge in [0.15, 0.2) is 5.69 Å². The molecule has 210 valence electrons. The normalized spacial score (nSPS) is 12.2. The van der Waals surface area contributed by atoms with Crippen LogP contribution in [-0.2, 0) is 51.0 Å². The Bertz CT molecular complexity index is 1800. The Morgan fingerprint density at radius 1 is 0.692 bits per heavy atom. The van der Waals surface area contributed by atoms with Gasteiger partial charge in [-0.15, -0.1) is 0 Å². The van der Waals surface area contributed by atoms with E-state index in [1.54, 1.807) is 30.8 Å². The lowest BCUT2D eigenvalue weighted by Crippen LogP contribution is -2.24. The van der Waals surface area contributed by atoms with E-state index in [2.05, 4.69) is 0 Å². The van der Waals surface area contributed by atoms with E-state index in [0.29, 0.717) is 12.1 Å². The third-order valence-corrected chi connectivity index (χ3v) is 8.11. The molecule has 39 heavy (non-hydrogen) atoms. The van der Waals surface area contributed by atoms with Gasteiger partial charge in [0, 0.05) is 5.56 Å². The lowest BCUT2D eigenvalue weighted by Gasteiger charge is -2.09. The van der Waals surface area contributed by atoms with Crippen molar-refractivity contribution >= 4 is 30.4 Å². The SMILES string of the molecule is Cc1cc(S(=O)(=O)O)c(-n2cc[n+](C)c2)c(S(=O)(=O)O)c1.Cc1ccc(Cn2cc[n+](C)c2)c(S(=O)(=O)O)c1. The van der Waals surface area contributed by atoms with Crippen LogP contribution in [0, 0.1) is 13.8 Å². The number of aromatic nitrogens is 4. The van der Waals surface area contributed by atoms with Crippen molar-refractivity contribution in [1.29, 1.82) is 0 Å². The zero-order valence-corrected chi connectivity index (χ0v) is 23.8. The van der Waals surface area contributed by atoms with Gasteiger partial charge in [-0.25, -0.2) is 13.7 Å². The van der Waals surface area contributed by atoms with E-state index in [-0.39, 0.29) is 16.1 Å². The van der Waals surface area contributed by atoms with Crippen LogP contribution < -0.4 is 9.13 Å². The molecule has 0 atom stereocenters. The topological polar surface area (TPSA) is 181 Å². The van der Waals surface area contributed by atoms with Crippen molar-refractivity contribution in [3.8, 4) is 5.69 Å². The number of hydrogen-bond donors (Lipinski definition) is 3. The average molecular weight is 601 g/mol. The number of hydrogen-bond acceptors (Lipinski definition) is 6. The summed E-state index contributed by atoms with van der Waals surface area (Å²) >= 11 is 0. The number of aryl methyl sites for hydroxylation is 4. The maximum absolute atomic E-state index is 11.5. The van der Waals surface area contributed by atoms with Gasteiger partial charge in [0.1, 0.15) is 46.0 Å². The van der Waals surface area contributed by atoms with E-state index in [1.807, 2.05) is 41.0 Å². The highest BCUT2D eigenvalue weighted by molar-refractivity contribution is 7.87. The third kappa shape index (κ3) is 7.59. The highest BCUT2D eigenvalue weighted by atomic mass is 32.2. The van der Waals surface area contributed by atoms with E-state index in [4.69, 9.17) is 0 Å². The van der Waals surface area contributed by atoms with Gasteiger partial charge in [-0.3, -0.25) is 13.7 Å². The molecule has 13 nitrogen and oxygen atoms in total. The Morgan fingerprint density at radius 3 is 1.62 bits per heavy atom. The third-order valence-electron chi connectivity index (χ3n) is 5.44. The molecular formula is C23H28N4O9S3+2. The highest BCUT2D eigenvalue weighted by Gasteiger charge is 2.30. The second-order valence-electron chi connectivity index (χ2n) is 8.88. The Kier molecular flexibility index (Phi) is 8.49. The first kappa shape index (κ1) is 30.1. The van der Waals surface area contributed by atoms with Gasteiger partial charge in [-0.1, -0.05) is 12.1 Å². The molecule has 4 rings (SSSR count). The summed E-state index contributed by atoms with van der Waals surface area (Å²) in [5, 5.41) is 0. The summed E-state index contributed by atoms with van der Waals surface area (Å²) in [6.45, 7) is 3.63. The fourth-order valence-corrected chi connectivity index (χ4v) is 6.22. The van der Waals surface area contributed by atoms with E-state index >= 15 is 0 Å². The molecule has 2 heterocycles.